The number of rotatable bonds is 11. The molecule has 1 aliphatic rings. The Bertz CT molecular complexity index is 1210. The summed E-state index contributed by atoms with van der Waals surface area (Å²) in [4.78, 5) is 0. The highest BCUT2D eigenvalue weighted by atomic mass is 19.2. The van der Waals surface area contributed by atoms with Crippen molar-refractivity contribution >= 4 is 0 Å². The number of benzene rings is 3. The van der Waals surface area contributed by atoms with E-state index in [1.165, 1.54) is 0 Å². The molecule has 1 fully saturated rings. The standard InChI is InChI=1S/C34H39F3O/c1-3-5-7-9-11-27-17-20-30(34(37)33(27)36)26-15-13-25(14-16-26)29-19-18-28(22-31(29)35)32-21-12-24(23-38-32)10-8-6-4-2/h4,6,13-20,22,24,32H,3,5,7-12,21,23H2,1-2H3/b6-4+. The lowest BCUT2D eigenvalue weighted by Gasteiger charge is -2.29. The zero-order chi connectivity index (χ0) is 26.9. The van der Waals surface area contributed by atoms with Gasteiger partial charge in [-0.15, -0.1) is 0 Å². The first-order valence-corrected chi connectivity index (χ1v) is 14.1. The lowest BCUT2D eigenvalue weighted by Crippen LogP contribution is -2.20. The van der Waals surface area contributed by atoms with Crippen LogP contribution in [-0.2, 0) is 11.2 Å². The van der Waals surface area contributed by atoms with Crippen molar-refractivity contribution in [2.45, 2.75) is 77.7 Å². The van der Waals surface area contributed by atoms with Crippen LogP contribution >= 0.6 is 0 Å². The number of allylic oxidation sites excluding steroid dienone is 2. The van der Waals surface area contributed by atoms with Gasteiger partial charge < -0.3 is 4.74 Å². The van der Waals surface area contributed by atoms with Gasteiger partial charge in [0, 0.05) is 11.1 Å². The quantitative estimate of drug-likeness (QED) is 0.180. The Morgan fingerprint density at radius 3 is 2.24 bits per heavy atom. The van der Waals surface area contributed by atoms with Gasteiger partial charge in [0.2, 0.25) is 0 Å². The fraction of sp³-hybridized carbons (Fsp3) is 0.412. The molecule has 0 amide bonds. The molecule has 0 aromatic heterocycles. The van der Waals surface area contributed by atoms with Crippen LogP contribution in [0.3, 0.4) is 0 Å². The third-order valence-corrected chi connectivity index (χ3v) is 7.68. The van der Waals surface area contributed by atoms with E-state index in [0.29, 0.717) is 41.2 Å². The van der Waals surface area contributed by atoms with Crippen molar-refractivity contribution < 1.29 is 17.9 Å². The van der Waals surface area contributed by atoms with Crippen molar-refractivity contribution in [1.82, 2.24) is 0 Å². The van der Waals surface area contributed by atoms with E-state index >= 15 is 4.39 Å². The molecular weight excluding hydrogens is 481 g/mol. The Hall–Kier alpha value is -2.85. The van der Waals surface area contributed by atoms with Gasteiger partial charge in [-0.05, 0) is 79.7 Å². The predicted molar refractivity (Wildman–Crippen MR) is 150 cm³/mol. The number of ether oxygens (including phenoxy) is 1. The van der Waals surface area contributed by atoms with Gasteiger partial charge in [0.15, 0.2) is 11.6 Å². The Kier molecular flexibility index (Phi) is 10.2. The Morgan fingerprint density at radius 1 is 0.842 bits per heavy atom. The summed E-state index contributed by atoms with van der Waals surface area (Å²) >= 11 is 0. The second-order valence-corrected chi connectivity index (χ2v) is 10.4. The van der Waals surface area contributed by atoms with Gasteiger partial charge in [-0.3, -0.25) is 0 Å². The topological polar surface area (TPSA) is 9.23 Å². The molecule has 0 spiro atoms. The van der Waals surface area contributed by atoms with Crippen LogP contribution in [0.1, 0.15) is 82.4 Å². The van der Waals surface area contributed by atoms with Crippen LogP contribution in [-0.4, -0.2) is 6.61 Å². The van der Waals surface area contributed by atoms with E-state index in [4.69, 9.17) is 4.74 Å². The molecule has 3 aromatic rings. The maximum absolute atomic E-state index is 15.1. The number of aryl methyl sites for hydroxylation is 1. The molecule has 0 saturated carbocycles. The Labute approximate surface area is 225 Å². The molecule has 2 unspecified atom stereocenters. The molecule has 0 radical (unpaired) electrons. The van der Waals surface area contributed by atoms with Gasteiger partial charge in [-0.2, -0.15) is 0 Å². The molecule has 1 nitrogen and oxygen atoms in total. The lowest BCUT2D eigenvalue weighted by molar-refractivity contribution is -0.0191. The summed E-state index contributed by atoms with van der Waals surface area (Å²) in [5.74, 6) is -1.33. The zero-order valence-corrected chi connectivity index (χ0v) is 22.6. The molecule has 0 N–H and O–H groups in total. The van der Waals surface area contributed by atoms with Gasteiger partial charge in [-0.1, -0.05) is 86.9 Å². The minimum Gasteiger partial charge on any atom is -0.373 e. The number of hydrogen-bond acceptors (Lipinski definition) is 1. The average Bonchev–Trinajstić information content (AvgIpc) is 2.94. The molecule has 1 aliphatic heterocycles. The average molecular weight is 521 g/mol. The number of unbranched alkanes of at least 4 members (excludes halogenated alkanes) is 3. The summed E-state index contributed by atoms with van der Waals surface area (Å²) in [7, 11) is 0. The SMILES string of the molecule is C/C=C/CCC1CCC(c2ccc(-c3ccc(-c4ccc(CCCCCC)c(F)c4F)cc3)c(F)c2)OC1. The van der Waals surface area contributed by atoms with Crippen molar-refractivity contribution in [2.75, 3.05) is 6.61 Å². The normalized spacial score (nSPS) is 17.8. The van der Waals surface area contributed by atoms with Crippen LogP contribution < -0.4 is 0 Å². The molecule has 4 rings (SSSR count). The Morgan fingerprint density at radius 2 is 1.58 bits per heavy atom. The molecule has 202 valence electrons. The molecule has 0 bridgehead atoms. The summed E-state index contributed by atoms with van der Waals surface area (Å²) in [6.07, 6.45) is 13.0. The summed E-state index contributed by atoms with van der Waals surface area (Å²) in [5, 5.41) is 0. The second kappa shape index (κ2) is 13.8. The van der Waals surface area contributed by atoms with Gasteiger partial charge >= 0.3 is 0 Å². The second-order valence-electron chi connectivity index (χ2n) is 10.4. The first kappa shape index (κ1) is 28.2. The first-order chi connectivity index (χ1) is 18.5. The van der Waals surface area contributed by atoms with Crippen LogP contribution in [0.2, 0.25) is 0 Å². The lowest BCUT2D eigenvalue weighted by atomic mass is 9.90. The highest BCUT2D eigenvalue weighted by molar-refractivity contribution is 5.71. The van der Waals surface area contributed by atoms with Crippen LogP contribution in [0.4, 0.5) is 13.2 Å². The molecular formula is C34H39F3O. The third-order valence-electron chi connectivity index (χ3n) is 7.68. The predicted octanol–water partition coefficient (Wildman–Crippen LogP) is 10.4. The van der Waals surface area contributed by atoms with Crippen molar-refractivity contribution in [3.63, 3.8) is 0 Å². The molecule has 1 heterocycles. The summed E-state index contributed by atoms with van der Waals surface area (Å²) in [6.45, 7) is 4.87. The van der Waals surface area contributed by atoms with Crippen LogP contribution in [0.25, 0.3) is 22.3 Å². The minimum absolute atomic E-state index is 0.0774. The van der Waals surface area contributed by atoms with Gasteiger partial charge in [0.25, 0.3) is 0 Å². The van der Waals surface area contributed by atoms with Crippen LogP contribution in [0.5, 0.6) is 0 Å². The van der Waals surface area contributed by atoms with E-state index in [0.717, 1.165) is 56.9 Å². The Balaban J connectivity index is 1.42. The zero-order valence-electron chi connectivity index (χ0n) is 22.6. The summed E-state index contributed by atoms with van der Waals surface area (Å²) < 4.78 is 50.8. The monoisotopic (exact) mass is 520 g/mol. The highest BCUT2D eigenvalue weighted by Crippen LogP contribution is 2.35. The fourth-order valence-electron chi connectivity index (χ4n) is 5.34. The number of hydrogen-bond donors (Lipinski definition) is 0. The van der Waals surface area contributed by atoms with E-state index in [1.54, 1.807) is 48.5 Å². The molecule has 0 aliphatic carbocycles. The molecule has 3 aromatic carbocycles. The maximum Gasteiger partial charge on any atom is 0.166 e. The van der Waals surface area contributed by atoms with E-state index in [9.17, 15) is 8.78 Å². The van der Waals surface area contributed by atoms with Crippen molar-refractivity contribution in [2.24, 2.45) is 5.92 Å². The van der Waals surface area contributed by atoms with E-state index < -0.39 is 11.6 Å². The maximum atomic E-state index is 15.1. The van der Waals surface area contributed by atoms with Gasteiger partial charge in [-0.25, -0.2) is 13.2 Å². The molecule has 1 saturated heterocycles. The number of halogens is 3. The van der Waals surface area contributed by atoms with Crippen LogP contribution in [0.15, 0.2) is 66.7 Å². The highest BCUT2D eigenvalue weighted by Gasteiger charge is 2.23. The largest absolute Gasteiger partial charge is 0.373 e. The molecule has 2 atom stereocenters. The van der Waals surface area contributed by atoms with Crippen molar-refractivity contribution in [3.8, 4) is 22.3 Å². The molecule has 4 heteroatoms. The molecule has 38 heavy (non-hydrogen) atoms. The van der Waals surface area contributed by atoms with Gasteiger partial charge in [0.1, 0.15) is 5.82 Å². The van der Waals surface area contributed by atoms with E-state index in [-0.39, 0.29) is 17.5 Å². The summed E-state index contributed by atoms with van der Waals surface area (Å²) in [6, 6.07) is 15.6. The van der Waals surface area contributed by atoms with Gasteiger partial charge in [0.05, 0.1) is 12.7 Å². The summed E-state index contributed by atoms with van der Waals surface area (Å²) in [5.41, 5.74) is 3.25. The smallest absolute Gasteiger partial charge is 0.166 e. The third kappa shape index (κ3) is 6.96. The minimum atomic E-state index is -0.821. The van der Waals surface area contributed by atoms with E-state index in [2.05, 4.69) is 19.1 Å². The van der Waals surface area contributed by atoms with E-state index in [1.807, 2.05) is 13.0 Å². The first-order valence-electron chi connectivity index (χ1n) is 14.1. The van der Waals surface area contributed by atoms with Crippen LogP contribution in [0, 0.1) is 23.4 Å². The van der Waals surface area contributed by atoms with Crippen molar-refractivity contribution in [3.05, 3.63) is 95.3 Å². The van der Waals surface area contributed by atoms with Crippen molar-refractivity contribution in [1.29, 1.82) is 0 Å². The fourth-order valence-corrected chi connectivity index (χ4v) is 5.34.